The fourth-order valence-electron chi connectivity index (χ4n) is 2.83. The highest BCUT2D eigenvalue weighted by Gasteiger charge is 2.32. The summed E-state index contributed by atoms with van der Waals surface area (Å²) in [4.78, 5) is 21.9. The molecule has 2 rings (SSSR count). The van der Waals surface area contributed by atoms with Gasteiger partial charge in [-0.05, 0) is 19.8 Å². The zero-order valence-electron chi connectivity index (χ0n) is 12.2. The number of amidine groups is 2. The molecule has 1 amide bonds. The Morgan fingerprint density at radius 1 is 1.30 bits per heavy atom. The smallest absolute Gasteiger partial charge is 0.244 e. The molecule has 0 radical (unpaired) electrons. The van der Waals surface area contributed by atoms with E-state index in [9.17, 15) is 13.2 Å². The zero-order chi connectivity index (χ0) is 14.9. The number of nitrogens with zero attached hydrogens (tertiary/aromatic N) is 3. The number of carbonyl (C=O) groups excluding carboxylic acids is 1. The van der Waals surface area contributed by atoms with Crippen LogP contribution >= 0.6 is 0 Å². The molecule has 1 unspecified atom stereocenters. The molecule has 20 heavy (non-hydrogen) atoms. The summed E-state index contributed by atoms with van der Waals surface area (Å²) < 4.78 is 23.3. The quantitative estimate of drug-likeness (QED) is 0.733. The molecule has 1 fully saturated rings. The summed E-state index contributed by atoms with van der Waals surface area (Å²) >= 11 is 0. The Hall–Kier alpha value is -1.24. The predicted octanol–water partition coefficient (Wildman–Crippen LogP) is 1.37. The standard InChI is InChI=1S/C13H21N3O3S/c1-9-8-12(15-13(14-9)20(3,18)19)16(10(2)17)11-6-4-5-7-11/h9,11H,4-8H2,1-3H3. The van der Waals surface area contributed by atoms with Gasteiger partial charge in [0, 0.05) is 25.6 Å². The Morgan fingerprint density at radius 2 is 1.90 bits per heavy atom. The van der Waals surface area contributed by atoms with Crippen molar-refractivity contribution < 1.29 is 13.2 Å². The van der Waals surface area contributed by atoms with Crippen LogP contribution in [-0.4, -0.2) is 48.6 Å². The topological polar surface area (TPSA) is 79.2 Å². The van der Waals surface area contributed by atoms with Crippen LogP contribution in [0.15, 0.2) is 9.98 Å². The van der Waals surface area contributed by atoms with E-state index in [0.29, 0.717) is 12.3 Å². The second-order valence-electron chi connectivity index (χ2n) is 5.59. The summed E-state index contributed by atoms with van der Waals surface area (Å²) in [6.45, 7) is 3.35. The molecule has 0 bridgehead atoms. The minimum Gasteiger partial charge on any atom is -0.297 e. The highest BCUT2D eigenvalue weighted by atomic mass is 32.2. The molecule has 0 N–H and O–H groups in total. The number of rotatable bonds is 1. The van der Waals surface area contributed by atoms with Gasteiger partial charge in [0.2, 0.25) is 20.9 Å². The Bertz CT molecular complexity index is 559. The van der Waals surface area contributed by atoms with Crippen molar-refractivity contribution >= 4 is 26.7 Å². The third-order valence-corrected chi connectivity index (χ3v) is 4.53. The molecule has 1 aliphatic heterocycles. The molecular formula is C13H21N3O3S. The van der Waals surface area contributed by atoms with Gasteiger partial charge in [-0.1, -0.05) is 12.8 Å². The number of hydrogen-bond donors (Lipinski definition) is 0. The second-order valence-corrected chi connectivity index (χ2v) is 7.50. The van der Waals surface area contributed by atoms with Crippen LogP contribution in [0.2, 0.25) is 0 Å². The van der Waals surface area contributed by atoms with Crippen molar-refractivity contribution in [3.05, 3.63) is 0 Å². The van der Waals surface area contributed by atoms with E-state index in [4.69, 9.17) is 0 Å². The SMILES string of the molecule is CC(=O)N(C1=NC(S(C)(=O)=O)=NC(C)C1)C1CCCC1. The van der Waals surface area contributed by atoms with Crippen molar-refractivity contribution in [3.8, 4) is 0 Å². The van der Waals surface area contributed by atoms with E-state index in [1.165, 1.54) is 6.92 Å². The number of amides is 1. The molecule has 2 aliphatic rings. The lowest BCUT2D eigenvalue weighted by molar-refractivity contribution is -0.126. The van der Waals surface area contributed by atoms with Gasteiger partial charge in [-0.2, -0.15) is 0 Å². The zero-order valence-corrected chi connectivity index (χ0v) is 13.0. The van der Waals surface area contributed by atoms with Crippen molar-refractivity contribution in [1.82, 2.24) is 4.90 Å². The molecule has 0 aromatic carbocycles. The van der Waals surface area contributed by atoms with E-state index in [0.717, 1.165) is 31.9 Å². The molecule has 1 atom stereocenters. The first-order valence-electron chi connectivity index (χ1n) is 6.94. The fourth-order valence-corrected chi connectivity index (χ4v) is 3.47. The van der Waals surface area contributed by atoms with E-state index in [-0.39, 0.29) is 23.2 Å². The first kappa shape index (κ1) is 15.2. The maximum absolute atomic E-state index is 11.9. The summed E-state index contributed by atoms with van der Waals surface area (Å²) in [5, 5.41) is -0.157. The minimum absolute atomic E-state index is 0.0717. The van der Waals surface area contributed by atoms with Crippen LogP contribution in [0.5, 0.6) is 0 Å². The Labute approximate surface area is 119 Å². The summed E-state index contributed by atoms with van der Waals surface area (Å²) in [5.41, 5.74) is 0. The monoisotopic (exact) mass is 299 g/mol. The molecule has 7 heteroatoms. The summed E-state index contributed by atoms with van der Waals surface area (Å²) in [5.74, 6) is 0.477. The molecule has 6 nitrogen and oxygen atoms in total. The second kappa shape index (κ2) is 5.63. The molecule has 1 aliphatic carbocycles. The number of aliphatic imine (C=N–C) groups is 2. The van der Waals surface area contributed by atoms with Crippen LogP contribution in [0, 0.1) is 0 Å². The lowest BCUT2D eigenvalue weighted by atomic mass is 10.1. The summed E-state index contributed by atoms with van der Waals surface area (Å²) in [6, 6.07) is -0.0205. The maximum Gasteiger partial charge on any atom is 0.244 e. The van der Waals surface area contributed by atoms with Crippen LogP contribution in [0.25, 0.3) is 0 Å². The van der Waals surface area contributed by atoms with Gasteiger partial charge >= 0.3 is 0 Å². The van der Waals surface area contributed by atoms with Gasteiger partial charge in [-0.25, -0.2) is 13.4 Å². The largest absolute Gasteiger partial charge is 0.297 e. The Morgan fingerprint density at radius 3 is 2.40 bits per heavy atom. The lowest BCUT2D eigenvalue weighted by Crippen LogP contribution is -2.45. The normalized spacial score (nSPS) is 24.2. The van der Waals surface area contributed by atoms with Gasteiger partial charge in [0.05, 0.1) is 6.04 Å². The minimum atomic E-state index is -3.45. The lowest BCUT2D eigenvalue weighted by Gasteiger charge is -2.31. The molecule has 0 saturated heterocycles. The molecule has 1 saturated carbocycles. The van der Waals surface area contributed by atoms with Crippen LogP contribution < -0.4 is 0 Å². The van der Waals surface area contributed by atoms with Crippen LogP contribution in [0.3, 0.4) is 0 Å². The molecular weight excluding hydrogens is 278 g/mol. The number of carbonyl (C=O) groups is 1. The predicted molar refractivity (Wildman–Crippen MR) is 78.6 cm³/mol. The van der Waals surface area contributed by atoms with Crippen molar-refractivity contribution in [3.63, 3.8) is 0 Å². The van der Waals surface area contributed by atoms with Gasteiger partial charge in [0.15, 0.2) is 0 Å². The summed E-state index contributed by atoms with van der Waals surface area (Å²) in [6.07, 6.45) is 5.72. The maximum atomic E-state index is 11.9. The van der Waals surface area contributed by atoms with Gasteiger partial charge in [0.25, 0.3) is 0 Å². The number of sulfone groups is 1. The Kier molecular flexibility index (Phi) is 4.27. The van der Waals surface area contributed by atoms with E-state index >= 15 is 0 Å². The molecule has 0 aromatic rings. The third kappa shape index (κ3) is 3.26. The van der Waals surface area contributed by atoms with Gasteiger partial charge in [0.1, 0.15) is 5.84 Å². The van der Waals surface area contributed by atoms with E-state index < -0.39 is 9.84 Å². The van der Waals surface area contributed by atoms with Gasteiger partial charge in [-0.15, -0.1) is 0 Å². The van der Waals surface area contributed by atoms with Gasteiger partial charge < -0.3 is 0 Å². The summed E-state index contributed by atoms with van der Waals surface area (Å²) in [7, 11) is -3.45. The molecule has 1 heterocycles. The van der Waals surface area contributed by atoms with Crippen LogP contribution in [-0.2, 0) is 14.6 Å². The first-order valence-corrected chi connectivity index (χ1v) is 8.83. The van der Waals surface area contributed by atoms with E-state index in [1.807, 2.05) is 6.92 Å². The molecule has 0 spiro atoms. The highest BCUT2D eigenvalue weighted by Crippen LogP contribution is 2.26. The number of hydrogen-bond acceptors (Lipinski definition) is 5. The van der Waals surface area contributed by atoms with Crippen molar-refractivity contribution in [2.45, 2.75) is 58.0 Å². The fraction of sp³-hybridized carbons (Fsp3) is 0.769. The van der Waals surface area contributed by atoms with E-state index in [2.05, 4.69) is 9.98 Å². The van der Waals surface area contributed by atoms with E-state index in [1.54, 1.807) is 4.90 Å². The average Bonchev–Trinajstić information content (AvgIpc) is 2.80. The highest BCUT2D eigenvalue weighted by molar-refractivity contribution is 8.05. The van der Waals surface area contributed by atoms with Crippen molar-refractivity contribution in [2.75, 3.05) is 6.26 Å². The first-order chi connectivity index (χ1) is 9.29. The average molecular weight is 299 g/mol. The molecule has 0 aromatic heterocycles. The van der Waals surface area contributed by atoms with Gasteiger partial charge in [-0.3, -0.25) is 14.7 Å². The van der Waals surface area contributed by atoms with Crippen molar-refractivity contribution in [2.24, 2.45) is 9.98 Å². The van der Waals surface area contributed by atoms with Crippen LogP contribution in [0.1, 0.15) is 46.0 Å². The van der Waals surface area contributed by atoms with Crippen LogP contribution in [0.4, 0.5) is 0 Å². The van der Waals surface area contributed by atoms with Crippen molar-refractivity contribution in [1.29, 1.82) is 0 Å². The Balaban J connectivity index is 2.35. The third-order valence-electron chi connectivity index (χ3n) is 3.67. The molecule has 112 valence electrons.